The number of thiazole rings is 1. The molecule has 2 aliphatic rings. The Morgan fingerprint density at radius 2 is 1.91 bits per heavy atom. The molecule has 2 aromatic heterocycles. The third kappa shape index (κ3) is 6.07. The normalized spacial score (nSPS) is 21.4. The standard InChI is InChI=1S/C28H36N2O4S/c1-18-10-13-21(14-11-18)27-29-23(25(34-27)20-7-3-2-4-8-20)17-33-22-9-5-6-19(16-22)12-15-24-26(31)30-28(32)35-24/h10-11,13-14,19-20,22,31H,2-9,12,15-17H2,1H3,(H,30,32). The maximum Gasteiger partial charge on any atom is 0.307 e. The Balaban J connectivity index is 1.24. The topological polar surface area (TPSA) is 88.3 Å². The summed E-state index contributed by atoms with van der Waals surface area (Å²) in [5.41, 5.74) is 3.22. The molecule has 6 nitrogen and oxygen atoms in total. The zero-order valence-electron chi connectivity index (χ0n) is 20.6. The van der Waals surface area contributed by atoms with E-state index in [1.165, 1.54) is 44.1 Å². The molecule has 2 atom stereocenters. The van der Waals surface area contributed by atoms with E-state index >= 15 is 0 Å². The summed E-state index contributed by atoms with van der Waals surface area (Å²) in [6.45, 7) is 2.59. The van der Waals surface area contributed by atoms with Crippen LogP contribution in [0.25, 0.3) is 11.5 Å². The molecular formula is C28H36N2O4S. The van der Waals surface area contributed by atoms with Gasteiger partial charge in [-0.1, -0.05) is 61.1 Å². The maximum atomic E-state index is 11.5. The number of rotatable bonds is 8. The molecule has 0 amide bonds. The Bertz CT molecular complexity index is 1160. The van der Waals surface area contributed by atoms with E-state index in [0.717, 1.165) is 65.3 Å². The van der Waals surface area contributed by atoms with Crippen molar-refractivity contribution in [3.8, 4) is 17.3 Å². The number of H-pyrrole nitrogens is 1. The van der Waals surface area contributed by atoms with E-state index in [0.29, 0.717) is 24.3 Å². The molecule has 2 saturated carbocycles. The lowest BCUT2D eigenvalue weighted by Gasteiger charge is -2.29. The molecule has 1 aromatic carbocycles. The fourth-order valence-electron chi connectivity index (χ4n) is 5.68. The smallest absolute Gasteiger partial charge is 0.307 e. The number of hydrogen-bond donors (Lipinski definition) is 2. The number of aromatic nitrogens is 2. The molecule has 5 rings (SSSR count). The number of oxazole rings is 1. The number of aromatic amines is 1. The third-order valence-electron chi connectivity index (χ3n) is 7.67. The van der Waals surface area contributed by atoms with Gasteiger partial charge < -0.3 is 14.3 Å². The average Bonchev–Trinajstić information content (AvgIpc) is 3.45. The van der Waals surface area contributed by atoms with Gasteiger partial charge in [-0.3, -0.25) is 9.78 Å². The first kappa shape index (κ1) is 24.3. The molecule has 0 bridgehead atoms. The van der Waals surface area contributed by atoms with Crippen LogP contribution in [0.15, 0.2) is 33.5 Å². The van der Waals surface area contributed by atoms with Crippen molar-refractivity contribution >= 4 is 11.3 Å². The Kier molecular flexibility index (Phi) is 7.73. The second kappa shape index (κ2) is 11.1. The van der Waals surface area contributed by atoms with E-state index < -0.39 is 0 Å². The Morgan fingerprint density at radius 1 is 1.11 bits per heavy atom. The van der Waals surface area contributed by atoms with Crippen molar-refractivity contribution in [2.24, 2.45) is 5.92 Å². The molecule has 0 radical (unpaired) electrons. The van der Waals surface area contributed by atoms with Crippen LogP contribution in [0.5, 0.6) is 5.88 Å². The minimum Gasteiger partial charge on any atom is -0.494 e. The SMILES string of the molecule is Cc1ccc(-c2nc(COC3CCCC(CCc4sc(=O)[nH]c4O)C3)c(C3CCCCC3)o2)cc1. The zero-order chi connectivity index (χ0) is 24.2. The van der Waals surface area contributed by atoms with Gasteiger partial charge in [0.15, 0.2) is 0 Å². The minimum absolute atomic E-state index is 0.0364. The molecule has 2 heterocycles. The summed E-state index contributed by atoms with van der Waals surface area (Å²) in [5, 5.41) is 9.87. The fraction of sp³-hybridized carbons (Fsp3) is 0.571. The van der Waals surface area contributed by atoms with E-state index in [1.807, 2.05) is 0 Å². The van der Waals surface area contributed by atoms with Gasteiger partial charge in [0.05, 0.1) is 17.6 Å². The summed E-state index contributed by atoms with van der Waals surface area (Å²) in [7, 11) is 0. The van der Waals surface area contributed by atoms with Gasteiger partial charge in [0.2, 0.25) is 11.8 Å². The molecule has 7 heteroatoms. The van der Waals surface area contributed by atoms with Crippen LogP contribution in [-0.2, 0) is 17.8 Å². The molecule has 2 aliphatic carbocycles. The summed E-state index contributed by atoms with van der Waals surface area (Å²) < 4.78 is 12.9. The highest BCUT2D eigenvalue weighted by Gasteiger charge is 2.27. The Labute approximate surface area is 210 Å². The first-order chi connectivity index (χ1) is 17.0. The van der Waals surface area contributed by atoms with Crippen molar-refractivity contribution in [2.75, 3.05) is 0 Å². The van der Waals surface area contributed by atoms with Crippen molar-refractivity contribution in [1.29, 1.82) is 0 Å². The van der Waals surface area contributed by atoms with Crippen LogP contribution >= 0.6 is 11.3 Å². The average molecular weight is 497 g/mol. The number of nitrogens with one attached hydrogen (secondary N) is 1. The maximum absolute atomic E-state index is 11.5. The largest absolute Gasteiger partial charge is 0.494 e. The summed E-state index contributed by atoms with van der Waals surface area (Å²) in [5.74, 6) is 2.76. The summed E-state index contributed by atoms with van der Waals surface area (Å²) in [6, 6.07) is 8.37. The van der Waals surface area contributed by atoms with Crippen LogP contribution < -0.4 is 4.87 Å². The minimum atomic E-state index is -0.186. The number of benzene rings is 1. The lowest BCUT2D eigenvalue weighted by molar-refractivity contribution is -0.000834. The van der Waals surface area contributed by atoms with Crippen LogP contribution in [0.1, 0.15) is 92.0 Å². The quantitative estimate of drug-likeness (QED) is 0.356. The van der Waals surface area contributed by atoms with Crippen molar-refractivity contribution in [3.05, 3.63) is 55.8 Å². The number of nitrogens with zero attached hydrogens (tertiary/aromatic N) is 1. The summed E-state index contributed by atoms with van der Waals surface area (Å²) in [4.78, 5) is 19.4. The molecule has 0 spiro atoms. The number of hydrogen-bond acceptors (Lipinski definition) is 6. The molecule has 188 valence electrons. The summed E-state index contributed by atoms with van der Waals surface area (Å²) in [6.07, 6.45) is 12.5. The molecule has 2 fully saturated rings. The molecule has 2 N–H and O–H groups in total. The van der Waals surface area contributed by atoms with Crippen molar-refractivity contribution in [1.82, 2.24) is 9.97 Å². The molecule has 0 saturated heterocycles. The summed E-state index contributed by atoms with van der Waals surface area (Å²) >= 11 is 1.12. The number of ether oxygens (including phenoxy) is 1. The first-order valence-electron chi connectivity index (χ1n) is 13.1. The van der Waals surface area contributed by atoms with Gasteiger partial charge >= 0.3 is 4.87 Å². The third-order valence-corrected chi connectivity index (χ3v) is 8.60. The van der Waals surface area contributed by atoms with E-state index in [1.54, 1.807) is 0 Å². The second-order valence-corrected chi connectivity index (χ2v) is 11.4. The highest BCUT2D eigenvalue weighted by Crippen LogP contribution is 2.38. The highest BCUT2D eigenvalue weighted by atomic mass is 32.1. The van der Waals surface area contributed by atoms with Crippen LogP contribution in [0, 0.1) is 12.8 Å². The fourth-order valence-corrected chi connectivity index (χ4v) is 6.42. The van der Waals surface area contributed by atoms with Crippen molar-refractivity contribution < 1.29 is 14.3 Å². The van der Waals surface area contributed by atoms with Gasteiger partial charge in [-0.2, -0.15) is 0 Å². The van der Waals surface area contributed by atoms with Gasteiger partial charge in [0.1, 0.15) is 11.5 Å². The lowest BCUT2D eigenvalue weighted by atomic mass is 9.84. The Hall–Kier alpha value is -2.38. The van der Waals surface area contributed by atoms with E-state index in [2.05, 4.69) is 36.2 Å². The van der Waals surface area contributed by atoms with Crippen molar-refractivity contribution in [3.63, 3.8) is 0 Å². The van der Waals surface area contributed by atoms with Gasteiger partial charge in [-0.15, -0.1) is 0 Å². The monoisotopic (exact) mass is 496 g/mol. The van der Waals surface area contributed by atoms with Gasteiger partial charge in [0, 0.05) is 11.5 Å². The molecule has 0 aliphatic heterocycles. The van der Waals surface area contributed by atoms with Gasteiger partial charge in [0.25, 0.3) is 0 Å². The van der Waals surface area contributed by atoms with E-state index in [4.69, 9.17) is 14.1 Å². The highest BCUT2D eigenvalue weighted by molar-refractivity contribution is 7.09. The lowest BCUT2D eigenvalue weighted by Crippen LogP contribution is -2.23. The first-order valence-corrected chi connectivity index (χ1v) is 14.0. The van der Waals surface area contributed by atoms with Crippen molar-refractivity contribution in [2.45, 2.75) is 96.2 Å². The molecule has 3 aromatic rings. The Morgan fingerprint density at radius 3 is 2.66 bits per heavy atom. The van der Waals surface area contributed by atoms with Crippen LogP contribution in [0.2, 0.25) is 0 Å². The van der Waals surface area contributed by atoms with E-state index in [-0.39, 0.29) is 16.9 Å². The number of aryl methyl sites for hydroxylation is 2. The zero-order valence-corrected chi connectivity index (χ0v) is 21.4. The molecular weight excluding hydrogens is 460 g/mol. The predicted octanol–water partition coefficient (Wildman–Crippen LogP) is 6.86. The van der Waals surface area contributed by atoms with Gasteiger partial charge in [-0.05, 0) is 63.5 Å². The van der Waals surface area contributed by atoms with Gasteiger partial charge in [-0.25, -0.2) is 4.98 Å². The second-order valence-electron chi connectivity index (χ2n) is 10.3. The molecule has 2 unspecified atom stereocenters. The van der Waals surface area contributed by atoms with Crippen LogP contribution in [-0.4, -0.2) is 21.2 Å². The van der Waals surface area contributed by atoms with Crippen LogP contribution in [0.4, 0.5) is 0 Å². The van der Waals surface area contributed by atoms with E-state index in [9.17, 15) is 9.90 Å². The molecule has 35 heavy (non-hydrogen) atoms. The van der Waals surface area contributed by atoms with Crippen LogP contribution in [0.3, 0.4) is 0 Å². The number of aromatic hydroxyl groups is 1. The predicted molar refractivity (Wildman–Crippen MR) is 138 cm³/mol.